The zero-order valence-electron chi connectivity index (χ0n) is 18.5. The highest BCUT2D eigenvalue weighted by Gasteiger charge is 2.32. The number of aromatic amines is 1. The van der Waals surface area contributed by atoms with Crippen molar-refractivity contribution in [2.75, 3.05) is 32.2 Å². The molecule has 0 aromatic carbocycles. The van der Waals surface area contributed by atoms with Gasteiger partial charge in [-0.05, 0) is 13.0 Å². The van der Waals surface area contributed by atoms with Crippen LogP contribution in [0.5, 0.6) is 0 Å². The predicted octanol–water partition coefficient (Wildman–Crippen LogP) is 1.93. The van der Waals surface area contributed by atoms with Gasteiger partial charge in [0.05, 0.1) is 37.8 Å². The molecule has 0 spiro atoms. The Labute approximate surface area is 189 Å². The lowest BCUT2D eigenvalue weighted by Gasteiger charge is -2.31. The molecule has 2 saturated heterocycles. The third-order valence-electron chi connectivity index (χ3n) is 5.87. The molecule has 12 nitrogen and oxygen atoms in total. The van der Waals surface area contributed by atoms with Gasteiger partial charge < -0.3 is 29.6 Å². The smallest absolute Gasteiger partial charge is 0.407 e. The minimum Gasteiger partial charge on any atom is -0.444 e. The Morgan fingerprint density at radius 1 is 1.36 bits per heavy atom. The van der Waals surface area contributed by atoms with Gasteiger partial charge in [-0.1, -0.05) is 0 Å². The molecule has 1 amide bonds. The highest BCUT2D eigenvalue weighted by atomic mass is 16.6. The maximum atomic E-state index is 12.2. The van der Waals surface area contributed by atoms with E-state index in [1.807, 2.05) is 19.1 Å². The number of rotatable bonds is 8. The van der Waals surface area contributed by atoms with E-state index in [0.29, 0.717) is 50.4 Å². The van der Waals surface area contributed by atoms with Crippen molar-refractivity contribution in [2.45, 2.75) is 38.2 Å². The van der Waals surface area contributed by atoms with Crippen molar-refractivity contribution in [3.05, 3.63) is 35.9 Å². The lowest BCUT2D eigenvalue weighted by atomic mass is 10.0. The van der Waals surface area contributed by atoms with Crippen molar-refractivity contribution < 1.29 is 23.7 Å². The second kappa shape index (κ2) is 9.33. The number of fused-ring (bicyclic) bond motifs is 1. The number of hydrogen-bond acceptors (Lipinski definition) is 9. The van der Waals surface area contributed by atoms with Crippen molar-refractivity contribution in [1.29, 1.82) is 0 Å². The van der Waals surface area contributed by atoms with Crippen LogP contribution in [0.15, 0.2) is 24.5 Å². The van der Waals surface area contributed by atoms with Gasteiger partial charge in [0.25, 0.3) is 0 Å². The van der Waals surface area contributed by atoms with Crippen LogP contribution in [0.2, 0.25) is 0 Å². The van der Waals surface area contributed by atoms with Crippen LogP contribution in [0.1, 0.15) is 30.8 Å². The van der Waals surface area contributed by atoms with Crippen LogP contribution in [0.3, 0.4) is 0 Å². The number of aromatic nitrogens is 5. The Morgan fingerprint density at radius 3 is 3.03 bits per heavy atom. The molecule has 0 bridgehead atoms. The van der Waals surface area contributed by atoms with Crippen molar-refractivity contribution >= 4 is 23.2 Å². The maximum absolute atomic E-state index is 12.2. The molecule has 176 valence electrons. The van der Waals surface area contributed by atoms with Gasteiger partial charge in [-0.15, -0.1) is 0 Å². The van der Waals surface area contributed by atoms with Gasteiger partial charge in [0, 0.05) is 44.0 Å². The number of H-pyrrole nitrogens is 1. The molecule has 5 heterocycles. The van der Waals surface area contributed by atoms with Gasteiger partial charge in [0.2, 0.25) is 0 Å². The molecule has 12 heteroatoms. The van der Waals surface area contributed by atoms with Crippen LogP contribution in [-0.4, -0.2) is 70.0 Å². The lowest BCUT2D eigenvalue weighted by molar-refractivity contribution is -0.0467. The van der Waals surface area contributed by atoms with Crippen molar-refractivity contribution in [3.63, 3.8) is 0 Å². The molecule has 3 aromatic rings. The van der Waals surface area contributed by atoms with Gasteiger partial charge in [0.15, 0.2) is 11.6 Å². The minimum atomic E-state index is -0.427. The number of hydrogen-bond donors (Lipinski definition) is 3. The molecule has 3 unspecified atom stereocenters. The summed E-state index contributed by atoms with van der Waals surface area (Å²) in [5.74, 6) is 1.57. The SMILES string of the molecule is COCc1cc2c(Nc3cc(C4CC(OC(=O)NC(C)C5COC5)CO4)[nH]n3)nccn2n1. The van der Waals surface area contributed by atoms with Crippen LogP contribution >= 0.6 is 0 Å². The number of carbonyl (C=O) groups is 1. The van der Waals surface area contributed by atoms with E-state index in [2.05, 4.69) is 30.9 Å². The monoisotopic (exact) mass is 457 g/mol. The predicted molar refractivity (Wildman–Crippen MR) is 116 cm³/mol. The summed E-state index contributed by atoms with van der Waals surface area (Å²) in [6, 6.07) is 3.80. The number of methoxy groups -OCH3 is 1. The number of alkyl carbamates (subject to hydrolysis) is 1. The number of ether oxygens (including phenoxy) is 4. The first-order chi connectivity index (χ1) is 16.1. The summed E-state index contributed by atoms with van der Waals surface area (Å²) in [6.45, 7) is 4.05. The zero-order valence-corrected chi connectivity index (χ0v) is 18.5. The summed E-state index contributed by atoms with van der Waals surface area (Å²) < 4.78 is 23.4. The zero-order chi connectivity index (χ0) is 22.8. The summed E-state index contributed by atoms with van der Waals surface area (Å²) >= 11 is 0. The molecule has 33 heavy (non-hydrogen) atoms. The molecule has 2 aliphatic heterocycles. The highest BCUT2D eigenvalue weighted by Crippen LogP contribution is 2.31. The van der Waals surface area contributed by atoms with Gasteiger partial charge >= 0.3 is 6.09 Å². The third kappa shape index (κ3) is 4.77. The molecule has 2 aliphatic rings. The fourth-order valence-electron chi connectivity index (χ4n) is 3.90. The number of amides is 1. The van der Waals surface area contributed by atoms with Crippen LogP contribution in [-0.2, 0) is 25.6 Å². The fraction of sp³-hybridized carbons (Fsp3) is 0.524. The van der Waals surface area contributed by atoms with Crippen molar-refractivity contribution in [3.8, 4) is 0 Å². The lowest BCUT2D eigenvalue weighted by Crippen LogP contribution is -2.47. The number of anilines is 2. The normalized spacial score (nSPS) is 21.6. The number of nitrogens with one attached hydrogen (secondary N) is 3. The molecule has 0 saturated carbocycles. The summed E-state index contributed by atoms with van der Waals surface area (Å²) in [5.41, 5.74) is 2.42. The average molecular weight is 457 g/mol. The Morgan fingerprint density at radius 2 is 2.24 bits per heavy atom. The Bertz CT molecular complexity index is 1110. The van der Waals surface area contributed by atoms with Crippen LogP contribution in [0, 0.1) is 5.92 Å². The second-order valence-corrected chi connectivity index (χ2v) is 8.32. The molecular weight excluding hydrogens is 430 g/mol. The van der Waals surface area contributed by atoms with Crippen molar-refractivity contribution in [1.82, 2.24) is 30.1 Å². The first kappa shape index (κ1) is 21.6. The molecule has 2 fully saturated rings. The minimum absolute atomic E-state index is 0.0186. The Hall–Kier alpha value is -3.22. The number of carbonyl (C=O) groups excluding carboxylic acids is 1. The third-order valence-corrected chi connectivity index (χ3v) is 5.87. The maximum Gasteiger partial charge on any atom is 0.407 e. The Kier molecular flexibility index (Phi) is 6.11. The molecule has 0 radical (unpaired) electrons. The summed E-state index contributed by atoms with van der Waals surface area (Å²) in [5, 5.41) is 17.9. The van der Waals surface area contributed by atoms with Gasteiger partial charge in [0.1, 0.15) is 17.7 Å². The largest absolute Gasteiger partial charge is 0.444 e. The molecule has 0 aliphatic carbocycles. The van der Waals surface area contributed by atoms with Crippen LogP contribution < -0.4 is 10.6 Å². The summed E-state index contributed by atoms with van der Waals surface area (Å²) in [6.07, 6.45) is 3.00. The molecular formula is C21H27N7O5. The van der Waals surface area contributed by atoms with Gasteiger partial charge in [-0.2, -0.15) is 10.2 Å². The fourth-order valence-corrected chi connectivity index (χ4v) is 3.90. The molecule has 5 rings (SSSR count). The van der Waals surface area contributed by atoms with Gasteiger partial charge in [-0.3, -0.25) is 5.10 Å². The molecule has 3 aromatic heterocycles. The Balaban J connectivity index is 1.17. The first-order valence-corrected chi connectivity index (χ1v) is 10.9. The van der Waals surface area contributed by atoms with Crippen LogP contribution in [0.4, 0.5) is 16.4 Å². The van der Waals surface area contributed by atoms with E-state index in [-0.39, 0.29) is 18.2 Å². The quantitative estimate of drug-likeness (QED) is 0.463. The van der Waals surface area contributed by atoms with E-state index in [4.69, 9.17) is 18.9 Å². The van der Waals surface area contributed by atoms with Crippen LogP contribution in [0.25, 0.3) is 5.52 Å². The molecule has 3 atom stereocenters. The van der Waals surface area contributed by atoms with E-state index in [1.54, 1.807) is 24.0 Å². The van der Waals surface area contributed by atoms with E-state index in [1.165, 1.54) is 0 Å². The summed E-state index contributed by atoms with van der Waals surface area (Å²) in [4.78, 5) is 16.6. The van der Waals surface area contributed by atoms with Crippen molar-refractivity contribution in [2.24, 2.45) is 5.92 Å². The number of nitrogens with zero attached hydrogens (tertiary/aromatic N) is 4. The van der Waals surface area contributed by atoms with E-state index in [9.17, 15) is 4.79 Å². The van der Waals surface area contributed by atoms with E-state index >= 15 is 0 Å². The topological polar surface area (TPSA) is 137 Å². The average Bonchev–Trinajstić information content (AvgIpc) is 3.46. The van der Waals surface area contributed by atoms with E-state index < -0.39 is 6.09 Å². The highest BCUT2D eigenvalue weighted by molar-refractivity contribution is 5.72. The standard InChI is InChI=1S/C21H27N7O5/c1-12(13-8-31-9-13)23-21(29)33-15-6-18(32-11-15)16-7-19(26-25-16)24-20-17-5-14(10-30-2)27-28(17)4-3-22-20/h3-5,7,12-13,15,18H,6,8-11H2,1-2H3,(H,23,29)(H2,22,24,25,26). The molecule has 3 N–H and O–H groups in total. The first-order valence-electron chi connectivity index (χ1n) is 10.9. The van der Waals surface area contributed by atoms with Gasteiger partial charge in [-0.25, -0.2) is 14.3 Å². The van der Waals surface area contributed by atoms with E-state index in [0.717, 1.165) is 16.9 Å². The second-order valence-electron chi connectivity index (χ2n) is 8.32. The summed E-state index contributed by atoms with van der Waals surface area (Å²) in [7, 11) is 1.63.